The molecule has 0 aliphatic rings. The van der Waals surface area contributed by atoms with E-state index in [4.69, 9.17) is 0 Å². The van der Waals surface area contributed by atoms with E-state index in [0.29, 0.717) is 5.79 Å². The Morgan fingerprint density at radius 1 is 1.27 bits per heavy atom. The number of nitrogens with zero attached hydrogens (tertiary/aromatic N) is 2. The molecule has 0 aromatic rings. The van der Waals surface area contributed by atoms with E-state index in [1.807, 2.05) is 6.08 Å². The fourth-order valence-electron chi connectivity index (χ4n) is 1.25. The Morgan fingerprint density at radius 2 is 1.73 bits per heavy atom. The maximum absolute atomic E-state index is 3.75. The Balaban J connectivity index is 3.79. The largest absolute Gasteiger partial charge is 0.297 e. The predicted molar refractivity (Wildman–Crippen MR) is 54.7 cm³/mol. The van der Waals surface area contributed by atoms with E-state index >= 15 is 0 Å². The molecule has 0 saturated carbocycles. The van der Waals surface area contributed by atoms with Crippen LogP contribution in [0.25, 0.3) is 0 Å². The molecular formula is C8H20N2Si. The summed E-state index contributed by atoms with van der Waals surface area (Å²) in [6.07, 6.45) is 2.03. The van der Waals surface area contributed by atoms with Gasteiger partial charge < -0.3 is 0 Å². The zero-order valence-electron chi connectivity index (χ0n) is 8.17. The molecule has 0 aromatic heterocycles. The van der Waals surface area contributed by atoms with Gasteiger partial charge in [-0.15, -0.1) is 6.58 Å². The summed E-state index contributed by atoms with van der Waals surface area (Å²) in [6.45, 7) is 3.75. The van der Waals surface area contributed by atoms with Crippen LogP contribution in [0.4, 0.5) is 0 Å². The molecule has 0 radical (unpaired) electrons. The second kappa shape index (κ2) is 5.52. The zero-order chi connectivity index (χ0) is 8.85. The van der Waals surface area contributed by atoms with Crippen molar-refractivity contribution >= 4 is 9.52 Å². The molecule has 0 saturated heterocycles. The zero-order valence-corrected chi connectivity index (χ0v) is 9.58. The van der Waals surface area contributed by atoms with Crippen LogP contribution in [0, 0.1) is 0 Å². The van der Waals surface area contributed by atoms with Crippen molar-refractivity contribution in [2.24, 2.45) is 0 Å². The summed E-state index contributed by atoms with van der Waals surface area (Å²) in [4.78, 5) is 4.57. The average molecular weight is 172 g/mol. The van der Waals surface area contributed by atoms with Gasteiger partial charge in [0.25, 0.3) is 0 Å². The fourth-order valence-corrected chi connectivity index (χ4v) is 2.81. The normalized spacial score (nSPS) is 12.6. The minimum absolute atomic E-state index is 0.0359. The molecule has 0 N–H and O–H groups in total. The predicted octanol–water partition coefficient (Wildman–Crippen LogP) is 0.166. The van der Waals surface area contributed by atoms with Crippen molar-refractivity contribution in [3.05, 3.63) is 12.7 Å². The Morgan fingerprint density at radius 3 is 2.00 bits per heavy atom. The van der Waals surface area contributed by atoms with Crippen LogP contribution in [0.15, 0.2) is 12.7 Å². The van der Waals surface area contributed by atoms with Crippen molar-refractivity contribution in [3.8, 4) is 0 Å². The lowest BCUT2D eigenvalue weighted by atomic mass is 10.7. The van der Waals surface area contributed by atoms with Gasteiger partial charge in [-0.1, -0.05) is 6.08 Å². The SMILES string of the molecule is C=CC[SiH2]C(N(C)C)N(C)C. The first-order chi connectivity index (χ1) is 5.09. The minimum Gasteiger partial charge on any atom is -0.297 e. The van der Waals surface area contributed by atoms with Gasteiger partial charge in [0.15, 0.2) is 0 Å². The summed E-state index contributed by atoms with van der Waals surface area (Å²) >= 11 is 0. The highest BCUT2D eigenvalue weighted by Gasteiger charge is 2.11. The summed E-state index contributed by atoms with van der Waals surface area (Å²) in [7, 11) is 8.52. The van der Waals surface area contributed by atoms with Gasteiger partial charge in [-0.3, -0.25) is 9.80 Å². The Kier molecular flexibility index (Phi) is 5.46. The molecule has 0 aliphatic carbocycles. The molecule has 0 heterocycles. The first kappa shape index (κ1) is 10.9. The highest BCUT2D eigenvalue weighted by molar-refractivity contribution is 6.38. The third-order valence-electron chi connectivity index (χ3n) is 1.82. The van der Waals surface area contributed by atoms with E-state index in [-0.39, 0.29) is 9.52 Å². The van der Waals surface area contributed by atoms with Crippen LogP contribution < -0.4 is 0 Å². The molecule has 0 amide bonds. The topological polar surface area (TPSA) is 6.48 Å². The van der Waals surface area contributed by atoms with Gasteiger partial charge in [-0.2, -0.15) is 0 Å². The Bertz CT molecular complexity index is 105. The van der Waals surface area contributed by atoms with Crippen molar-refractivity contribution in [1.82, 2.24) is 9.80 Å². The molecule has 0 aliphatic heterocycles. The molecular weight excluding hydrogens is 152 g/mol. The van der Waals surface area contributed by atoms with E-state index in [1.165, 1.54) is 6.04 Å². The highest BCUT2D eigenvalue weighted by Crippen LogP contribution is 1.97. The van der Waals surface area contributed by atoms with Crippen LogP contribution in [0.3, 0.4) is 0 Å². The van der Waals surface area contributed by atoms with Crippen molar-refractivity contribution in [2.45, 2.75) is 11.8 Å². The lowest BCUT2D eigenvalue weighted by molar-refractivity contribution is 0.200. The van der Waals surface area contributed by atoms with Crippen LogP contribution in [-0.2, 0) is 0 Å². The molecule has 66 valence electrons. The lowest BCUT2D eigenvalue weighted by Crippen LogP contribution is -2.44. The quantitative estimate of drug-likeness (QED) is 0.331. The van der Waals surface area contributed by atoms with Crippen molar-refractivity contribution in [3.63, 3.8) is 0 Å². The van der Waals surface area contributed by atoms with E-state index < -0.39 is 0 Å². The fraction of sp³-hybridized carbons (Fsp3) is 0.750. The second-order valence-corrected chi connectivity index (χ2v) is 5.16. The number of allylic oxidation sites excluding steroid dienone is 1. The molecule has 0 aromatic carbocycles. The van der Waals surface area contributed by atoms with Crippen molar-refractivity contribution in [2.75, 3.05) is 28.2 Å². The van der Waals surface area contributed by atoms with Gasteiger partial charge >= 0.3 is 0 Å². The van der Waals surface area contributed by atoms with Crippen LogP contribution in [0.5, 0.6) is 0 Å². The third kappa shape index (κ3) is 4.34. The molecule has 0 bridgehead atoms. The smallest absolute Gasteiger partial charge is 0.0629 e. The maximum atomic E-state index is 3.75. The molecule has 3 heteroatoms. The molecule has 0 spiro atoms. The van der Waals surface area contributed by atoms with Gasteiger partial charge in [-0.05, 0) is 34.2 Å². The van der Waals surface area contributed by atoms with E-state index in [0.717, 1.165) is 0 Å². The third-order valence-corrected chi connectivity index (χ3v) is 4.54. The summed E-state index contributed by atoms with van der Waals surface area (Å²) in [6, 6.07) is 1.22. The van der Waals surface area contributed by atoms with Crippen LogP contribution >= 0.6 is 0 Å². The maximum Gasteiger partial charge on any atom is 0.0629 e. The molecule has 2 nitrogen and oxygen atoms in total. The van der Waals surface area contributed by atoms with Gasteiger partial charge in [0.2, 0.25) is 0 Å². The lowest BCUT2D eigenvalue weighted by Gasteiger charge is -2.30. The molecule has 11 heavy (non-hydrogen) atoms. The molecule has 0 unspecified atom stereocenters. The van der Waals surface area contributed by atoms with Crippen molar-refractivity contribution in [1.29, 1.82) is 0 Å². The number of rotatable bonds is 5. The standard InChI is InChI=1S/C8H20N2Si/c1-6-7-11-8(9(2)3)10(4)5/h6,8H,1,7,11H2,2-5H3. The van der Waals surface area contributed by atoms with Crippen LogP contribution in [-0.4, -0.2) is 53.3 Å². The summed E-state index contributed by atoms with van der Waals surface area (Å²) in [5, 5.41) is 0. The van der Waals surface area contributed by atoms with Gasteiger partial charge in [0.1, 0.15) is 0 Å². The Hall–Kier alpha value is -0.123. The molecule has 0 atom stereocenters. The summed E-state index contributed by atoms with van der Waals surface area (Å²) in [5.74, 6) is 0.674. The monoisotopic (exact) mass is 172 g/mol. The highest BCUT2D eigenvalue weighted by atomic mass is 28.2. The molecule has 0 rings (SSSR count). The minimum atomic E-state index is -0.0359. The number of hydrogen-bond acceptors (Lipinski definition) is 2. The second-order valence-electron chi connectivity index (χ2n) is 3.27. The summed E-state index contributed by atoms with van der Waals surface area (Å²) < 4.78 is 0. The van der Waals surface area contributed by atoms with Crippen molar-refractivity contribution < 1.29 is 0 Å². The van der Waals surface area contributed by atoms with E-state index in [1.54, 1.807) is 0 Å². The molecule has 0 fully saturated rings. The Labute approximate surface area is 72.7 Å². The number of hydrogen-bond donors (Lipinski definition) is 0. The first-order valence-electron chi connectivity index (χ1n) is 4.03. The van der Waals surface area contributed by atoms with E-state index in [9.17, 15) is 0 Å². The van der Waals surface area contributed by atoms with Crippen LogP contribution in [0.2, 0.25) is 6.04 Å². The van der Waals surface area contributed by atoms with Gasteiger partial charge in [0.05, 0.1) is 9.52 Å². The van der Waals surface area contributed by atoms with E-state index in [2.05, 4.69) is 44.6 Å². The summed E-state index contributed by atoms with van der Waals surface area (Å²) in [5.41, 5.74) is 0. The van der Waals surface area contributed by atoms with Gasteiger partial charge in [0, 0.05) is 5.79 Å². The first-order valence-corrected chi connectivity index (χ1v) is 5.85. The van der Waals surface area contributed by atoms with Gasteiger partial charge in [-0.25, -0.2) is 0 Å². The van der Waals surface area contributed by atoms with Crippen LogP contribution in [0.1, 0.15) is 0 Å². The average Bonchev–Trinajstić information content (AvgIpc) is 1.87.